The lowest BCUT2D eigenvalue weighted by atomic mass is 9.95. The fraction of sp³-hybridized carbons (Fsp3) is 0.115. The molecule has 198 valence electrons. The fourth-order valence-corrected chi connectivity index (χ4v) is 4.33. The highest BCUT2D eigenvalue weighted by molar-refractivity contribution is 6.31. The number of aromatic nitrogens is 2. The number of amides is 1. The number of aromatic carboxylic acids is 1. The maximum absolute atomic E-state index is 13.5. The lowest BCUT2D eigenvalue weighted by Gasteiger charge is -2.27. The van der Waals surface area contributed by atoms with Crippen LogP contribution in [0.1, 0.15) is 28.9 Å². The predicted molar refractivity (Wildman–Crippen MR) is 146 cm³/mol. The number of hydrogen-bond acceptors (Lipinski definition) is 10. The van der Waals surface area contributed by atoms with Gasteiger partial charge in [-0.3, -0.25) is 10.1 Å². The molecule has 0 radical (unpaired) electrons. The molecule has 0 bridgehead atoms. The minimum Gasteiger partial charge on any atom is -0.497 e. The highest BCUT2D eigenvalue weighted by atomic mass is 35.5. The standard InChI is InChI=1S/C26H22ClN7O5/c1-12-20(23(35)32-19-10-13(24(36)37)8-9-29-19)21(15-7-6-14(38-2)11-16(15)27)33-25(30-12)34-26-31-18-5-3-4-17(28)22(18)39-26/h3-11,21H,28H2,1-2H3,(H,36,37)(H,29,32,35)(H2,30,31,33,34). The largest absolute Gasteiger partial charge is 0.497 e. The van der Waals surface area contributed by atoms with Gasteiger partial charge in [0.1, 0.15) is 23.1 Å². The van der Waals surface area contributed by atoms with Crippen molar-refractivity contribution in [2.75, 3.05) is 23.5 Å². The van der Waals surface area contributed by atoms with Crippen LogP contribution in [0.25, 0.3) is 11.1 Å². The number of anilines is 3. The quantitative estimate of drug-likeness (QED) is 0.220. The topological polar surface area (TPSA) is 177 Å². The van der Waals surface area contributed by atoms with Gasteiger partial charge in [-0.15, -0.1) is 0 Å². The number of pyridine rings is 1. The third-order valence-electron chi connectivity index (χ3n) is 5.91. The molecule has 0 saturated carbocycles. The summed E-state index contributed by atoms with van der Waals surface area (Å²) < 4.78 is 11.0. The molecule has 3 heterocycles. The molecule has 1 unspecified atom stereocenters. The van der Waals surface area contributed by atoms with Crippen LogP contribution in [0, 0.1) is 0 Å². The third-order valence-corrected chi connectivity index (χ3v) is 6.23. The number of carboxylic acid groups (broad SMARTS) is 1. The van der Waals surface area contributed by atoms with Crippen LogP contribution in [0.4, 0.5) is 17.5 Å². The zero-order valence-corrected chi connectivity index (χ0v) is 21.4. The van der Waals surface area contributed by atoms with Crippen LogP contribution in [0.5, 0.6) is 5.75 Å². The lowest BCUT2D eigenvalue weighted by molar-refractivity contribution is -0.113. The zero-order valence-electron chi connectivity index (χ0n) is 20.7. The van der Waals surface area contributed by atoms with E-state index in [1.165, 1.54) is 25.4 Å². The van der Waals surface area contributed by atoms with Gasteiger partial charge in [0.05, 0.1) is 23.9 Å². The van der Waals surface area contributed by atoms with Crippen LogP contribution < -0.4 is 26.4 Å². The number of hydrogen-bond donors (Lipinski definition) is 5. The van der Waals surface area contributed by atoms with Crippen molar-refractivity contribution < 1.29 is 23.8 Å². The summed E-state index contributed by atoms with van der Waals surface area (Å²) in [6, 6.07) is 12.1. The van der Waals surface area contributed by atoms with E-state index in [1.54, 1.807) is 43.3 Å². The number of para-hydroxylation sites is 1. The molecule has 39 heavy (non-hydrogen) atoms. The molecule has 0 fully saturated rings. The number of benzene rings is 2. The maximum Gasteiger partial charge on any atom is 0.335 e. The normalized spacial score (nSPS) is 14.9. The molecule has 5 rings (SSSR count). The number of aliphatic imine (C=N–C) groups is 1. The number of nitrogens with zero attached hydrogens (tertiary/aromatic N) is 3. The molecule has 0 aliphatic carbocycles. The summed E-state index contributed by atoms with van der Waals surface area (Å²) in [5, 5.41) is 18.3. The number of carbonyl (C=O) groups is 2. The first-order valence-electron chi connectivity index (χ1n) is 11.5. The molecule has 1 aliphatic heterocycles. The summed E-state index contributed by atoms with van der Waals surface area (Å²) in [4.78, 5) is 38.0. The summed E-state index contributed by atoms with van der Waals surface area (Å²) in [7, 11) is 1.52. The van der Waals surface area contributed by atoms with Crippen molar-refractivity contribution >= 4 is 58.1 Å². The van der Waals surface area contributed by atoms with Crippen LogP contribution >= 0.6 is 11.6 Å². The van der Waals surface area contributed by atoms with Gasteiger partial charge in [0, 0.05) is 22.5 Å². The number of fused-ring (bicyclic) bond motifs is 1. The summed E-state index contributed by atoms with van der Waals surface area (Å²) in [5.74, 6) is -0.851. The van der Waals surface area contributed by atoms with Gasteiger partial charge in [0.15, 0.2) is 5.58 Å². The molecule has 6 N–H and O–H groups in total. The molecule has 1 atom stereocenters. The smallest absolute Gasteiger partial charge is 0.335 e. The molecule has 0 saturated heterocycles. The first kappa shape index (κ1) is 25.5. The average molecular weight is 548 g/mol. The number of guanidine groups is 1. The summed E-state index contributed by atoms with van der Waals surface area (Å²) in [6.07, 6.45) is 1.30. The Labute approximate surface area is 226 Å². The molecule has 13 heteroatoms. The van der Waals surface area contributed by atoms with Gasteiger partial charge < -0.3 is 30.6 Å². The van der Waals surface area contributed by atoms with Crippen LogP contribution in [-0.4, -0.2) is 40.0 Å². The Kier molecular flexibility index (Phi) is 6.77. The Morgan fingerprint density at radius 1 is 1.21 bits per heavy atom. The van der Waals surface area contributed by atoms with Crippen molar-refractivity contribution in [1.29, 1.82) is 0 Å². The Balaban J connectivity index is 1.51. The first-order chi connectivity index (χ1) is 18.7. The number of halogens is 1. The number of ether oxygens (including phenoxy) is 1. The third kappa shape index (κ3) is 5.18. The van der Waals surface area contributed by atoms with Crippen molar-refractivity contribution in [3.05, 3.63) is 82.1 Å². The Morgan fingerprint density at radius 3 is 2.74 bits per heavy atom. The molecular weight excluding hydrogens is 526 g/mol. The minimum atomic E-state index is -1.15. The van der Waals surface area contributed by atoms with Crippen LogP contribution in [0.3, 0.4) is 0 Å². The minimum absolute atomic E-state index is 0.0222. The number of carbonyl (C=O) groups excluding carboxylic acids is 1. The summed E-state index contributed by atoms with van der Waals surface area (Å²) in [6.45, 7) is 1.70. The molecule has 2 aromatic heterocycles. The van der Waals surface area contributed by atoms with Gasteiger partial charge in [-0.25, -0.2) is 14.8 Å². The van der Waals surface area contributed by atoms with Gasteiger partial charge >= 0.3 is 12.0 Å². The van der Waals surface area contributed by atoms with Crippen molar-refractivity contribution in [3.8, 4) is 5.75 Å². The second kappa shape index (κ2) is 10.3. The second-order valence-electron chi connectivity index (χ2n) is 8.46. The van der Waals surface area contributed by atoms with Crippen molar-refractivity contribution in [1.82, 2.24) is 15.3 Å². The van der Waals surface area contributed by atoms with Crippen LogP contribution in [-0.2, 0) is 4.79 Å². The van der Waals surface area contributed by atoms with E-state index in [4.69, 9.17) is 31.5 Å². The number of nitrogens with one attached hydrogen (secondary N) is 3. The highest BCUT2D eigenvalue weighted by Crippen LogP contribution is 2.37. The van der Waals surface area contributed by atoms with Crippen molar-refractivity contribution in [3.63, 3.8) is 0 Å². The molecule has 1 aliphatic rings. The number of nitrogen functional groups attached to an aromatic ring is 1. The van der Waals surface area contributed by atoms with E-state index < -0.39 is 17.9 Å². The van der Waals surface area contributed by atoms with Crippen molar-refractivity contribution in [2.24, 2.45) is 4.99 Å². The van der Waals surface area contributed by atoms with E-state index >= 15 is 0 Å². The van der Waals surface area contributed by atoms with Crippen LogP contribution in [0.2, 0.25) is 5.02 Å². The van der Waals surface area contributed by atoms with E-state index in [-0.39, 0.29) is 28.9 Å². The molecule has 4 aromatic rings. The van der Waals surface area contributed by atoms with E-state index in [2.05, 4.69) is 25.9 Å². The number of nitrogens with two attached hydrogens (primary N) is 1. The molecule has 12 nitrogen and oxygen atoms in total. The summed E-state index contributed by atoms with van der Waals surface area (Å²) in [5.41, 5.74) is 8.59. The lowest BCUT2D eigenvalue weighted by Crippen LogP contribution is -2.37. The first-order valence-corrected chi connectivity index (χ1v) is 11.9. The molecule has 1 amide bonds. The fourth-order valence-electron chi connectivity index (χ4n) is 4.06. The van der Waals surface area contributed by atoms with E-state index in [0.717, 1.165) is 0 Å². The monoisotopic (exact) mass is 547 g/mol. The Morgan fingerprint density at radius 2 is 2.03 bits per heavy atom. The van der Waals surface area contributed by atoms with E-state index in [0.29, 0.717) is 38.8 Å². The zero-order chi connectivity index (χ0) is 27.7. The Hall–Kier alpha value is -5.10. The van der Waals surface area contributed by atoms with Gasteiger partial charge in [0.25, 0.3) is 5.91 Å². The SMILES string of the molecule is COc1ccc(C2N=C(Nc3nc4cccc(N)c4o3)NC(C)=C2C(=O)Nc2cc(C(=O)O)ccn2)c(Cl)c1. The van der Waals surface area contributed by atoms with Gasteiger partial charge in [-0.1, -0.05) is 23.7 Å². The maximum atomic E-state index is 13.5. The number of rotatable bonds is 6. The van der Waals surface area contributed by atoms with E-state index in [1.807, 2.05) is 0 Å². The number of carboxylic acids is 1. The average Bonchev–Trinajstić information content (AvgIpc) is 3.32. The van der Waals surface area contributed by atoms with Crippen LogP contribution in [0.15, 0.2) is 75.4 Å². The van der Waals surface area contributed by atoms with Gasteiger partial charge in [-0.05, 0) is 43.3 Å². The second-order valence-corrected chi connectivity index (χ2v) is 8.87. The van der Waals surface area contributed by atoms with Gasteiger partial charge in [0.2, 0.25) is 5.96 Å². The Bertz CT molecular complexity index is 1680. The molecule has 2 aromatic carbocycles. The number of allylic oxidation sites excluding steroid dienone is 1. The summed E-state index contributed by atoms with van der Waals surface area (Å²) >= 11 is 6.59. The van der Waals surface area contributed by atoms with Crippen molar-refractivity contribution in [2.45, 2.75) is 13.0 Å². The molecular formula is C26H22ClN7O5. The van der Waals surface area contributed by atoms with E-state index in [9.17, 15) is 14.7 Å². The predicted octanol–water partition coefficient (Wildman–Crippen LogP) is 4.19. The van der Waals surface area contributed by atoms with Gasteiger partial charge in [-0.2, -0.15) is 4.98 Å². The molecule has 0 spiro atoms. The highest BCUT2D eigenvalue weighted by Gasteiger charge is 2.31. The number of methoxy groups -OCH3 is 1. The number of oxazole rings is 1.